The van der Waals surface area contributed by atoms with E-state index in [9.17, 15) is 9.59 Å². The Labute approximate surface area is 147 Å². The highest BCUT2D eigenvalue weighted by molar-refractivity contribution is 7.14. The van der Waals surface area contributed by atoms with Gasteiger partial charge in [-0.15, -0.1) is 11.3 Å². The SMILES string of the molecule is CC(=O)c1c(C)[nH]c(C(=O)OCc2csc(-c3ccsc3)n2)c1C. The van der Waals surface area contributed by atoms with Crippen molar-refractivity contribution in [2.45, 2.75) is 27.4 Å². The number of carbonyl (C=O) groups excluding carboxylic acids is 2. The summed E-state index contributed by atoms with van der Waals surface area (Å²) >= 11 is 3.14. The Morgan fingerprint density at radius 2 is 2.08 bits per heavy atom. The van der Waals surface area contributed by atoms with Gasteiger partial charge in [0, 0.05) is 27.6 Å². The fourth-order valence-electron chi connectivity index (χ4n) is 2.59. The molecule has 0 bridgehead atoms. The number of ketones is 1. The van der Waals surface area contributed by atoms with Gasteiger partial charge >= 0.3 is 5.97 Å². The molecular formula is C17H16N2O3S2. The lowest BCUT2D eigenvalue weighted by Crippen LogP contribution is -2.08. The molecule has 3 aromatic heterocycles. The summed E-state index contributed by atoms with van der Waals surface area (Å²) in [7, 11) is 0. The summed E-state index contributed by atoms with van der Waals surface area (Å²) in [6, 6.07) is 2.01. The largest absolute Gasteiger partial charge is 0.454 e. The molecule has 1 N–H and O–H groups in total. The number of nitrogens with zero attached hydrogens (tertiary/aromatic N) is 1. The molecule has 3 aromatic rings. The van der Waals surface area contributed by atoms with Crippen molar-refractivity contribution in [2.24, 2.45) is 0 Å². The van der Waals surface area contributed by atoms with Gasteiger partial charge in [0.2, 0.25) is 0 Å². The Balaban J connectivity index is 1.70. The minimum atomic E-state index is -0.479. The van der Waals surface area contributed by atoms with Crippen LogP contribution in [-0.4, -0.2) is 21.7 Å². The summed E-state index contributed by atoms with van der Waals surface area (Å²) < 4.78 is 5.34. The van der Waals surface area contributed by atoms with Gasteiger partial charge in [0.25, 0.3) is 0 Å². The van der Waals surface area contributed by atoms with Gasteiger partial charge in [0.15, 0.2) is 5.78 Å². The van der Waals surface area contributed by atoms with E-state index in [4.69, 9.17) is 4.74 Å². The highest BCUT2D eigenvalue weighted by atomic mass is 32.1. The summed E-state index contributed by atoms with van der Waals surface area (Å²) in [5.41, 5.74) is 3.97. The number of H-pyrrole nitrogens is 1. The summed E-state index contributed by atoms with van der Waals surface area (Å²) in [5.74, 6) is -0.548. The van der Waals surface area contributed by atoms with Gasteiger partial charge in [0.05, 0.1) is 5.69 Å². The van der Waals surface area contributed by atoms with Crippen LogP contribution in [0.15, 0.2) is 22.2 Å². The molecule has 124 valence electrons. The molecule has 0 aliphatic carbocycles. The minimum Gasteiger partial charge on any atom is -0.454 e. The van der Waals surface area contributed by atoms with Crippen LogP contribution in [-0.2, 0) is 11.3 Å². The first kappa shape index (κ1) is 16.6. The lowest BCUT2D eigenvalue weighted by molar-refractivity contribution is 0.0461. The van der Waals surface area contributed by atoms with Gasteiger partial charge in [-0.05, 0) is 37.8 Å². The molecule has 0 amide bonds. The maximum atomic E-state index is 12.3. The van der Waals surface area contributed by atoms with E-state index in [1.165, 1.54) is 18.3 Å². The second kappa shape index (κ2) is 6.70. The number of thiazole rings is 1. The average Bonchev–Trinajstić information content (AvgIpc) is 3.24. The molecule has 0 saturated carbocycles. The Hall–Kier alpha value is -2.25. The molecule has 0 fully saturated rings. The van der Waals surface area contributed by atoms with Gasteiger partial charge in [-0.25, -0.2) is 9.78 Å². The zero-order valence-electron chi connectivity index (χ0n) is 13.5. The maximum absolute atomic E-state index is 12.3. The normalized spacial score (nSPS) is 10.8. The average molecular weight is 360 g/mol. The van der Waals surface area contributed by atoms with Gasteiger partial charge in [-0.3, -0.25) is 4.79 Å². The van der Waals surface area contributed by atoms with Crippen molar-refractivity contribution >= 4 is 34.4 Å². The van der Waals surface area contributed by atoms with Crippen molar-refractivity contribution in [3.63, 3.8) is 0 Å². The highest BCUT2D eigenvalue weighted by Crippen LogP contribution is 2.26. The number of aromatic nitrogens is 2. The predicted molar refractivity (Wildman–Crippen MR) is 94.8 cm³/mol. The minimum absolute atomic E-state index is 0.0693. The lowest BCUT2D eigenvalue weighted by Gasteiger charge is -2.02. The van der Waals surface area contributed by atoms with Crippen molar-refractivity contribution in [3.05, 3.63) is 50.4 Å². The smallest absolute Gasteiger partial charge is 0.355 e. The van der Waals surface area contributed by atoms with E-state index in [-0.39, 0.29) is 12.4 Å². The van der Waals surface area contributed by atoms with Crippen LogP contribution in [0.4, 0.5) is 0 Å². The maximum Gasteiger partial charge on any atom is 0.355 e. The lowest BCUT2D eigenvalue weighted by atomic mass is 10.1. The Morgan fingerprint density at radius 3 is 2.71 bits per heavy atom. The van der Waals surface area contributed by atoms with Crippen LogP contribution in [0.25, 0.3) is 10.6 Å². The number of aryl methyl sites for hydroxylation is 1. The molecule has 7 heteroatoms. The van der Waals surface area contributed by atoms with Crippen molar-refractivity contribution < 1.29 is 14.3 Å². The molecule has 0 radical (unpaired) electrons. The number of carbonyl (C=O) groups is 2. The van der Waals surface area contributed by atoms with E-state index in [0.717, 1.165) is 10.6 Å². The zero-order chi connectivity index (χ0) is 17.3. The number of rotatable bonds is 5. The van der Waals surface area contributed by atoms with Crippen molar-refractivity contribution in [3.8, 4) is 10.6 Å². The fraction of sp³-hybridized carbons (Fsp3) is 0.235. The van der Waals surface area contributed by atoms with E-state index >= 15 is 0 Å². The quantitative estimate of drug-likeness (QED) is 0.541. The van der Waals surface area contributed by atoms with E-state index in [1.54, 1.807) is 25.2 Å². The van der Waals surface area contributed by atoms with Crippen LogP contribution in [0.1, 0.15) is 44.7 Å². The molecule has 0 saturated heterocycles. The number of ether oxygens (including phenoxy) is 1. The highest BCUT2D eigenvalue weighted by Gasteiger charge is 2.21. The van der Waals surface area contributed by atoms with E-state index < -0.39 is 5.97 Å². The summed E-state index contributed by atoms with van der Waals surface area (Å²) in [6.07, 6.45) is 0. The Morgan fingerprint density at radius 1 is 1.29 bits per heavy atom. The number of aromatic amines is 1. The zero-order valence-corrected chi connectivity index (χ0v) is 15.1. The Kier molecular flexibility index (Phi) is 4.64. The molecule has 24 heavy (non-hydrogen) atoms. The first-order chi connectivity index (χ1) is 11.5. The van der Waals surface area contributed by atoms with Gasteiger partial charge in [0.1, 0.15) is 17.3 Å². The third-order valence-corrected chi connectivity index (χ3v) is 5.29. The number of hydrogen-bond acceptors (Lipinski definition) is 6. The fourth-order valence-corrected chi connectivity index (χ4v) is 4.10. The molecule has 0 spiro atoms. The van der Waals surface area contributed by atoms with Crippen LogP contribution in [0.5, 0.6) is 0 Å². The monoisotopic (exact) mass is 360 g/mol. The molecule has 0 unspecified atom stereocenters. The van der Waals surface area contributed by atoms with E-state index in [0.29, 0.717) is 28.2 Å². The second-order valence-corrected chi connectivity index (χ2v) is 7.05. The van der Waals surface area contributed by atoms with E-state index in [1.807, 2.05) is 22.2 Å². The van der Waals surface area contributed by atoms with Crippen LogP contribution in [0, 0.1) is 13.8 Å². The molecule has 5 nitrogen and oxygen atoms in total. The van der Waals surface area contributed by atoms with Crippen LogP contribution < -0.4 is 0 Å². The predicted octanol–water partition coefficient (Wildman–Crippen LogP) is 4.38. The third-order valence-electron chi connectivity index (χ3n) is 3.66. The van der Waals surface area contributed by atoms with Gasteiger partial charge < -0.3 is 9.72 Å². The number of hydrogen-bond donors (Lipinski definition) is 1. The molecule has 0 aliphatic rings. The topological polar surface area (TPSA) is 72.0 Å². The summed E-state index contributed by atoms with van der Waals surface area (Å²) in [4.78, 5) is 31.3. The molecule has 3 heterocycles. The first-order valence-corrected chi connectivity index (χ1v) is 9.13. The Bertz CT molecular complexity index is 891. The number of nitrogens with one attached hydrogen (secondary N) is 1. The second-order valence-electron chi connectivity index (χ2n) is 5.41. The first-order valence-electron chi connectivity index (χ1n) is 7.31. The van der Waals surface area contributed by atoms with Crippen LogP contribution in [0.3, 0.4) is 0 Å². The van der Waals surface area contributed by atoms with Gasteiger partial charge in [-0.2, -0.15) is 11.3 Å². The van der Waals surface area contributed by atoms with Crippen LogP contribution >= 0.6 is 22.7 Å². The van der Waals surface area contributed by atoms with Crippen molar-refractivity contribution in [1.82, 2.24) is 9.97 Å². The number of esters is 1. The molecule has 0 atom stereocenters. The van der Waals surface area contributed by atoms with Crippen molar-refractivity contribution in [1.29, 1.82) is 0 Å². The van der Waals surface area contributed by atoms with Gasteiger partial charge in [-0.1, -0.05) is 0 Å². The summed E-state index contributed by atoms with van der Waals surface area (Å²) in [6.45, 7) is 5.11. The van der Waals surface area contributed by atoms with Crippen molar-refractivity contribution in [2.75, 3.05) is 0 Å². The molecule has 3 rings (SSSR count). The summed E-state index contributed by atoms with van der Waals surface area (Å²) in [5, 5.41) is 6.82. The number of thiophene rings is 1. The van der Waals surface area contributed by atoms with E-state index in [2.05, 4.69) is 9.97 Å². The standard InChI is InChI=1S/C17H16N2O3S2/c1-9-14(11(3)20)10(2)18-15(9)17(21)22-6-13-8-24-16(19-13)12-4-5-23-7-12/h4-5,7-8,18H,6H2,1-3H3. The molecular weight excluding hydrogens is 344 g/mol. The molecule has 0 aliphatic heterocycles. The molecule has 0 aromatic carbocycles. The van der Waals surface area contributed by atoms with Crippen LogP contribution in [0.2, 0.25) is 0 Å². The third kappa shape index (κ3) is 3.18. The number of Topliss-reactive ketones (excluding diaryl/α,β-unsaturated/α-hetero) is 1.